The first-order valence-corrected chi connectivity index (χ1v) is 10.9. The molecule has 3 aromatic rings. The van der Waals surface area contributed by atoms with E-state index in [1.807, 2.05) is 19.2 Å². The molecule has 1 aliphatic heterocycles. The molecule has 0 spiro atoms. The van der Waals surface area contributed by atoms with Gasteiger partial charge in [0.15, 0.2) is 0 Å². The van der Waals surface area contributed by atoms with Gasteiger partial charge in [0.2, 0.25) is 11.8 Å². The molecule has 0 saturated carbocycles. The number of likely N-dealkylation sites (N-methyl/N-ethyl adjacent to an activating group) is 1. The zero-order valence-electron chi connectivity index (χ0n) is 18.7. The van der Waals surface area contributed by atoms with Gasteiger partial charge in [-0.2, -0.15) is 0 Å². The van der Waals surface area contributed by atoms with Gasteiger partial charge in [-0.1, -0.05) is 18.2 Å². The maximum absolute atomic E-state index is 13.1. The normalized spacial score (nSPS) is 18.2. The highest BCUT2D eigenvalue weighted by Crippen LogP contribution is 2.32. The molecule has 4 rings (SSSR count). The summed E-state index contributed by atoms with van der Waals surface area (Å²) in [6.45, 7) is 1.33. The van der Waals surface area contributed by atoms with Gasteiger partial charge >= 0.3 is 0 Å². The zero-order chi connectivity index (χ0) is 24.1. The average Bonchev–Trinajstić information content (AvgIpc) is 3.23. The molecule has 1 saturated heterocycles. The molecule has 0 radical (unpaired) electrons. The summed E-state index contributed by atoms with van der Waals surface area (Å²) in [6.07, 6.45) is 4.77. The standard InChI is InChI=1S/C26H26FN5O2/c1-32-15-21(22(16-32)26(34)30-20-10-7-18(27)8-11-20)17-6-9-19(29-14-17)12-13-25(33)31-24-5-3-2-4-23(24)28/h2-14,21-22H,15-16,28H2,1H3,(H,30,34)(H,31,33)/b13-12+. The molecule has 2 amide bonds. The number of pyridine rings is 1. The molecule has 2 aromatic carbocycles. The number of nitrogens with two attached hydrogens (primary N) is 1. The first-order chi connectivity index (χ1) is 16.4. The Bertz CT molecular complexity index is 1190. The number of nitrogens with zero attached hydrogens (tertiary/aromatic N) is 2. The van der Waals surface area contributed by atoms with Crippen LogP contribution in [-0.4, -0.2) is 41.8 Å². The third kappa shape index (κ3) is 5.65. The number of hydrogen-bond acceptors (Lipinski definition) is 5. The predicted octanol–water partition coefficient (Wildman–Crippen LogP) is 3.74. The van der Waals surface area contributed by atoms with E-state index < -0.39 is 0 Å². The molecule has 2 heterocycles. The lowest BCUT2D eigenvalue weighted by Crippen LogP contribution is -2.28. The van der Waals surface area contributed by atoms with Crippen LogP contribution in [0.2, 0.25) is 0 Å². The van der Waals surface area contributed by atoms with Crippen molar-refractivity contribution in [2.24, 2.45) is 5.92 Å². The van der Waals surface area contributed by atoms with E-state index in [0.717, 1.165) is 12.1 Å². The van der Waals surface area contributed by atoms with Crippen LogP contribution in [0.25, 0.3) is 6.08 Å². The monoisotopic (exact) mass is 459 g/mol. The molecule has 1 fully saturated rings. The minimum absolute atomic E-state index is 0.0275. The number of likely N-dealkylation sites (tertiary alicyclic amines) is 1. The molecular weight excluding hydrogens is 433 g/mol. The van der Waals surface area contributed by atoms with Crippen LogP contribution in [0.15, 0.2) is 72.9 Å². The fourth-order valence-electron chi connectivity index (χ4n) is 4.05. The lowest BCUT2D eigenvalue weighted by molar-refractivity contribution is -0.119. The SMILES string of the molecule is CN1CC(C(=O)Nc2ccc(F)cc2)C(c2ccc(/C=C/C(=O)Nc3ccccc3N)nc2)C1. The Hall–Kier alpha value is -4.04. The van der Waals surface area contributed by atoms with Crippen LogP contribution < -0.4 is 16.4 Å². The largest absolute Gasteiger partial charge is 0.397 e. The summed E-state index contributed by atoms with van der Waals surface area (Å²) >= 11 is 0. The van der Waals surface area contributed by atoms with Crippen LogP contribution in [-0.2, 0) is 9.59 Å². The minimum atomic E-state index is -0.349. The van der Waals surface area contributed by atoms with Crippen LogP contribution >= 0.6 is 0 Å². The molecule has 1 aromatic heterocycles. The second kappa shape index (κ2) is 10.3. The van der Waals surface area contributed by atoms with E-state index in [1.165, 1.54) is 18.2 Å². The van der Waals surface area contributed by atoms with Gasteiger partial charge in [0.1, 0.15) is 5.82 Å². The van der Waals surface area contributed by atoms with E-state index in [0.29, 0.717) is 29.3 Å². The Morgan fingerprint density at radius 2 is 1.82 bits per heavy atom. The van der Waals surface area contributed by atoms with Crippen molar-refractivity contribution in [1.29, 1.82) is 0 Å². The Kier molecular flexibility index (Phi) is 6.98. The summed E-state index contributed by atoms with van der Waals surface area (Å²) < 4.78 is 13.1. The van der Waals surface area contributed by atoms with Gasteiger partial charge in [0, 0.05) is 37.0 Å². The van der Waals surface area contributed by atoms with Gasteiger partial charge in [0.25, 0.3) is 0 Å². The number of nitrogen functional groups attached to an aromatic ring is 1. The fraction of sp³-hybridized carbons (Fsp3) is 0.192. The van der Waals surface area contributed by atoms with Crippen molar-refractivity contribution in [3.05, 3.63) is 90.0 Å². The number of carbonyl (C=O) groups is 2. The summed E-state index contributed by atoms with van der Waals surface area (Å²) in [6, 6.07) is 16.5. The van der Waals surface area contributed by atoms with E-state index in [9.17, 15) is 14.0 Å². The minimum Gasteiger partial charge on any atom is -0.397 e. The van der Waals surface area contributed by atoms with Crippen molar-refractivity contribution >= 4 is 35.0 Å². The molecule has 4 N–H and O–H groups in total. The highest BCUT2D eigenvalue weighted by atomic mass is 19.1. The zero-order valence-corrected chi connectivity index (χ0v) is 18.7. The van der Waals surface area contributed by atoms with E-state index in [1.54, 1.807) is 48.7 Å². The highest BCUT2D eigenvalue weighted by Gasteiger charge is 2.37. The van der Waals surface area contributed by atoms with Crippen LogP contribution in [0, 0.1) is 11.7 Å². The van der Waals surface area contributed by atoms with E-state index in [-0.39, 0.29) is 29.5 Å². The molecular formula is C26H26FN5O2. The molecule has 174 valence electrons. The van der Waals surface area contributed by atoms with Crippen molar-refractivity contribution in [2.45, 2.75) is 5.92 Å². The van der Waals surface area contributed by atoms with Crippen molar-refractivity contribution in [3.63, 3.8) is 0 Å². The average molecular weight is 460 g/mol. The molecule has 2 atom stereocenters. The fourth-order valence-corrected chi connectivity index (χ4v) is 4.05. The predicted molar refractivity (Wildman–Crippen MR) is 132 cm³/mol. The van der Waals surface area contributed by atoms with Crippen molar-refractivity contribution < 1.29 is 14.0 Å². The summed E-state index contributed by atoms with van der Waals surface area (Å²) in [7, 11) is 1.97. The number of amides is 2. The number of aromatic nitrogens is 1. The van der Waals surface area contributed by atoms with E-state index in [2.05, 4.69) is 20.5 Å². The third-order valence-electron chi connectivity index (χ3n) is 5.81. The number of nitrogens with one attached hydrogen (secondary N) is 2. The Morgan fingerprint density at radius 3 is 2.53 bits per heavy atom. The number of para-hydroxylation sites is 2. The van der Waals surface area contributed by atoms with Crippen molar-refractivity contribution in [1.82, 2.24) is 9.88 Å². The van der Waals surface area contributed by atoms with Gasteiger partial charge in [-0.25, -0.2) is 4.39 Å². The summed E-state index contributed by atoms with van der Waals surface area (Å²) in [5, 5.41) is 5.62. The van der Waals surface area contributed by atoms with E-state index in [4.69, 9.17) is 5.73 Å². The Morgan fingerprint density at radius 1 is 1.06 bits per heavy atom. The number of benzene rings is 2. The summed E-state index contributed by atoms with van der Waals surface area (Å²) in [4.78, 5) is 31.7. The molecule has 1 aliphatic rings. The van der Waals surface area contributed by atoms with Gasteiger partial charge in [-0.05, 0) is 61.2 Å². The maximum atomic E-state index is 13.1. The van der Waals surface area contributed by atoms with Crippen LogP contribution in [0.3, 0.4) is 0 Å². The number of carbonyl (C=O) groups excluding carboxylic acids is 2. The highest BCUT2D eigenvalue weighted by molar-refractivity contribution is 6.03. The number of halogens is 1. The first-order valence-electron chi connectivity index (χ1n) is 10.9. The number of anilines is 3. The Labute approximate surface area is 197 Å². The van der Waals surface area contributed by atoms with Crippen molar-refractivity contribution in [2.75, 3.05) is 36.5 Å². The first kappa shape index (κ1) is 23.1. The second-order valence-corrected chi connectivity index (χ2v) is 8.36. The molecule has 0 aliphatic carbocycles. The van der Waals surface area contributed by atoms with Crippen LogP contribution in [0.4, 0.5) is 21.5 Å². The number of hydrogen-bond donors (Lipinski definition) is 3. The molecule has 0 bridgehead atoms. The van der Waals surface area contributed by atoms with Gasteiger partial charge < -0.3 is 21.3 Å². The number of rotatable bonds is 6. The lowest BCUT2D eigenvalue weighted by Gasteiger charge is -2.18. The molecule has 2 unspecified atom stereocenters. The molecule has 8 heteroatoms. The molecule has 7 nitrogen and oxygen atoms in total. The van der Waals surface area contributed by atoms with E-state index >= 15 is 0 Å². The lowest BCUT2D eigenvalue weighted by atomic mass is 9.89. The second-order valence-electron chi connectivity index (χ2n) is 8.36. The van der Waals surface area contributed by atoms with Crippen molar-refractivity contribution in [3.8, 4) is 0 Å². The third-order valence-corrected chi connectivity index (χ3v) is 5.81. The summed E-state index contributed by atoms with van der Waals surface area (Å²) in [5.41, 5.74) is 9.02. The smallest absolute Gasteiger partial charge is 0.248 e. The van der Waals surface area contributed by atoms with Gasteiger partial charge in [-0.3, -0.25) is 14.6 Å². The maximum Gasteiger partial charge on any atom is 0.248 e. The van der Waals surface area contributed by atoms with Gasteiger partial charge in [0.05, 0.1) is 23.0 Å². The molecule has 34 heavy (non-hydrogen) atoms. The quantitative estimate of drug-likeness (QED) is 0.385. The van der Waals surface area contributed by atoms with Crippen LogP contribution in [0.5, 0.6) is 0 Å². The Balaban J connectivity index is 1.40. The van der Waals surface area contributed by atoms with Gasteiger partial charge in [-0.15, -0.1) is 0 Å². The summed E-state index contributed by atoms with van der Waals surface area (Å²) in [5.74, 6) is -1.06. The van der Waals surface area contributed by atoms with Crippen LogP contribution in [0.1, 0.15) is 17.2 Å². The topological polar surface area (TPSA) is 100 Å².